The van der Waals surface area contributed by atoms with Crippen molar-refractivity contribution in [3.05, 3.63) is 23.9 Å². The number of amides is 2. The number of aromatic nitrogens is 1. The molecule has 0 aliphatic carbocycles. The maximum absolute atomic E-state index is 12.1. The van der Waals surface area contributed by atoms with Crippen molar-refractivity contribution in [2.75, 3.05) is 19.8 Å². The highest BCUT2D eigenvalue weighted by molar-refractivity contribution is 5.73. The van der Waals surface area contributed by atoms with E-state index in [0.29, 0.717) is 31.5 Å². The van der Waals surface area contributed by atoms with Crippen molar-refractivity contribution in [3.8, 4) is 5.88 Å². The van der Waals surface area contributed by atoms with Gasteiger partial charge in [-0.2, -0.15) is 0 Å². The number of carbonyl (C=O) groups excluding carboxylic acids is 1. The van der Waals surface area contributed by atoms with Gasteiger partial charge in [0.05, 0.1) is 12.7 Å². The fraction of sp³-hybridized carbons (Fsp3) is 0.684. The number of carbonyl (C=O) groups is 1. The van der Waals surface area contributed by atoms with Gasteiger partial charge in [0.15, 0.2) is 0 Å². The van der Waals surface area contributed by atoms with E-state index in [1.807, 2.05) is 19.1 Å². The number of hydrogen-bond donors (Lipinski definition) is 2. The molecule has 0 spiro atoms. The van der Waals surface area contributed by atoms with Crippen LogP contribution in [0.15, 0.2) is 18.3 Å². The Hall–Kier alpha value is -1.82. The molecule has 140 valence electrons. The maximum Gasteiger partial charge on any atom is 0.315 e. The zero-order valence-electron chi connectivity index (χ0n) is 15.8. The summed E-state index contributed by atoms with van der Waals surface area (Å²) in [5, 5.41) is 5.87. The molecule has 1 aliphatic rings. The Bertz CT molecular complexity index is 557. The molecular weight excluding hydrogens is 318 g/mol. The SMILES string of the molecule is CCOc1cc(CNC(=O)NCC2CCCOC2C(C)(C)C)ccn1. The minimum Gasteiger partial charge on any atom is -0.478 e. The van der Waals surface area contributed by atoms with E-state index in [0.717, 1.165) is 25.0 Å². The van der Waals surface area contributed by atoms with Crippen LogP contribution in [0, 0.1) is 11.3 Å². The summed E-state index contributed by atoms with van der Waals surface area (Å²) in [6.45, 7) is 10.9. The predicted octanol–water partition coefficient (Wildman–Crippen LogP) is 3.12. The molecule has 6 nitrogen and oxygen atoms in total. The molecule has 1 saturated heterocycles. The van der Waals surface area contributed by atoms with Gasteiger partial charge in [-0.05, 0) is 36.8 Å². The van der Waals surface area contributed by atoms with Gasteiger partial charge in [0, 0.05) is 37.9 Å². The monoisotopic (exact) mass is 349 g/mol. The first-order chi connectivity index (χ1) is 11.9. The number of ether oxygens (including phenoxy) is 2. The van der Waals surface area contributed by atoms with Crippen molar-refractivity contribution < 1.29 is 14.3 Å². The first kappa shape index (κ1) is 19.5. The summed E-state index contributed by atoms with van der Waals surface area (Å²) in [6.07, 6.45) is 4.01. The minimum absolute atomic E-state index is 0.0793. The maximum atomic E-state index is 12.1. The molecule has 2 unspecified atom stereocenters. The van der Waals surface area contributed by atoms with Crippen LogP contribution in [0.3, 0.4) is 0 Å². The Morgan fingerprint density at radius 1 is 1.40 bits per heavy atom. The van der Waals surface area contributed by atoms with Crippen molar-refractivity contribution in [1.82, 2.24) is 15.6 Å². The van der Waals surface area contributed by atoms with Gasteiger partial charge in [-0.15, -0.1) is 0 Å². The molecule has 2 heterocycles. The van der Waals surface area contributed by atoms with Crippen LogP contribution >= 0.6 is 0 Å². The number of pyridine rings is 1. The van der Waals surface area contributed by atoms with Crippen LogP contribution < -0.4 is 15.4 Å². The molecule has 1 aliphatic heterocycles. The standard InChI is InChI=1S/C19H31N3O3/c1-5-24-16-11-14(8-9-20-16)12-21-18(23)22-13-15-7-6-10-25-17(15)19(2,3)4/h8-9,11,15,17H,5-7,10,12-13H2,1-4H3,(H2,21,22,23). The number of urea groups is 1. The molecule has 0 aromatic carbocycles. The second-order valence-electron chi connectivity index (χ2n) is 7.56. The van der Waals surface area contributed by atoms with E-state index in [9.17, 15) is 4.79 Å². The molecule has 0 radical (unpaired) electrons. The topological polar surface area (TPSA) is 72.5 Å². The smallest absolute Gasteiger partial charge is 0.315 e. The van der Waals surface area contributed by atoms with Crippen molar-refractivity contribution in [2.45, 2.75) is 53.2 Å². The van der Waals surface area contributed by atoms with Gasteiger partial charge < -0.3 is 20.1 Å². The van der Waals surface area contributed by atoms with Crippen molar-refractivity contribution in [1.29, 1.82) is 0 Å². The minimum atomic E-state index is -0.159. The summed E-state index contributed by atoms with van der Waals surface area (Å²) in [6, 6.07) is 3.55. The van der Waals surface area contributed by atoms with Gasteiger partial charge in [-0.1, -0.05) is 20.8 Å². The molecular formula is C19H31N3O3. The fourth-order valence-electron chi connectivity index (χ4n) is 3.27. The summed E-state index contributed by atoms with van der Waals surface area (Å²) < 4.78 is 11.3. The highest BCUT2D eigenvalue weighted by Crippen LogP contribution is 2.33. The van der Waals surface area contributed by atoms with Crippen LogP contribution in [0.1, 0.15) is 46.1 Å². The van der Waals surface area contributed by atoms with Crippen LogP contribution in [-0.4, -0.2) is 36.9 Å². The highest BCUT2D eigenvalue weighted by Gasteiger charge is 2.35. The molecule has 1 aromatic rings. The molecule has 1 fully saturated rings. The molecule has 2 N–H and O–H groups in total. The van der Waals surface area contributed by atoms with Crippen LogP contribution in [0.4, 0.5) is 4.79 Å². The van der Waals surface area contributed by atoms with Crippen LogP contribution in [-0.2, 0) is 11.3 Å². The first-order valence-electron chi connectivity index (χ1n) is 9.11. The third kappa shape index (κ3) is 6.20. The Morgan fingerprint density at radius 2 is 2.20 bits per heavy atom. The van der Waals surface area contributed by atoms with E-state index >= 15 is 0 Å². The van der Waals surface area contributed by atoms with Crippen LogP contribution in [0.25, 0.3) is 0 Å². The second kappa shape index (κ2) is 9.04. The number of hydrogen-bond acceptors (Lipinski definition) is 4. The summed E-state index contributed by atoms with van der Waals surface area (Å²) in [5.41, 5.74) is 1.04. The average Bonchev–Trinajstić information content (AvgIpc) is 2.58. The van der Waals surface area contributed by atoms with Gasteiger partial charge in [-0.3, -0.25) is 0 Å². The Kier molecular flexibility index (Phi) is 7.05. The quantitative estimate of drug-likeness (QED) is 0.828. The van der Waals surface area contributed by atoms with Crippen molar-refractivity contribution in [3.63, 3.8) is 0 Å². The van der Waals surface area contributed by atoms with Crippen LogP contribution in [0.2, 0.25) is 0 Å². The summed E-state index contributed by atoms with van der Waals surface area (Å²) >= 11 is 0. The zero-order valence-corrected chi connectivity index (χ0v) is 15.8. The van der Waals surface area contributed by atoms with E-state index in [1.165, 1.54) is 0 Å². The normalized spacial score (nSPS) is 20.8. The number of rotatable bonds is 6. The fourth-order valence-corrected chi connectivity index (χ4v) is 3.27. The average molecular weight is 349 g/mol. The summed E-state index contributed by atoms with van der Waals surface area (Å²) in [5.74, 6) is 0.930. The lowest BCUT2D eigenvalue weighted by Gasteiger charge is -2.40. The molecule has 1 aromatic heterocycles. The van der Waals surface area contributed by atoms with E-state index in [1.54, 1.807) is 6.20 Å². The van der Waals surface area contributed by atoms with E-state index in [-0.39, 0.29) is 17.6 Å². The summed E-state index contributed by atoms with van der Waals surface area (Å²) in [7, 11) is 0. The lowest BCUT2D eigenvalue weighted by Crippen LogP contribution is -2.46. The number of nitrogens with zero attached hydrogens (tertiary/aromatic N) is 1. The van der Waals surface area contributed by atoms with Crippen LogP contribution in [0.5, 0.6) is 5.88 Å². The van der Waals surface area contributed by atoms with Gasteiger partial charge >= 0.3 is 6.03 Å². The third-order valence-corrected chi connectivity index (χ3v) is 4.37. The summed E-state index contributed by atoms with van der Waals surface area (Å²) in [4.78, 5) is 16.2. The Labute approximate surface area is 150 Å². The van der Waals surface area contributed by atoms with Gasteiger partial charge in [-0.25, -0.2) is 9.78 Å². The lowest BCUT2D eigenvalue weighted by atomic mass is 9.78. The molecule has 0 saturated carbocycles. The Balaban J connectivity index is 1.79. The van der Waals surface area contributed by atoms with Crippen molar-refractivity contribution in [2.24, 2.45) is 11.3 Å². The molecule has 2 atom stereocenters. The molecule has 0 bridgehead atoms. The van der Waals surface area contributed by atoms with Gasteiger partial charge in [0.1, 0.15) is 0 Å². The van der Waals surface area contributed by atoms with Crippen molar-refractivity contribution >= 4 is 6.03 Å². The third-order valence-electron chi connectivity index (χ3n) is 4.37. The van der Waals surface area contributed by atoms with E-state index in [4.69, 9.17) is 9.47 Å². The Morgan fingerprint density at radius 3 is 2.92 bits per heavy atom. The molecule has 2 rings (SSSR count). The first-order valence-corrected chi connectivity index (χ1v) is 9.11. The largest absolute Gasteiger partial charge is 0.478 e. The molecule has 2 amide bonds. The second-order valence-corrected chi connectivity index (χ2v) is 7.56. The lowest BCUT2D eigenvalue weighted by molar-refractivity contribution is -0.0837. The van der Waals surface area contributed by atoms with E-state index < -0.39 is 0 Å². The van der Waals surface area contributed by atoms with Gasteiger partial charge in [0.2, 0.25) is 5.88 Å². The molecule has 6 heteroatoms. The number of nitrogens with one attached hydrogen (secondary N) is 2. The van der Waals surface area contributed by atoms with E-state index in [2.05, 4.69) is 36.4 Å². The zero-order chi connectivity index (χ0) is 18.3. The van der Waals surface area contributed by atoms with Gasteiger partial charge in [0.25, 0.3) is 0 Å². The predicted molar refractivity (Wildman–Crippen MR) is 97.6 cm³/mol. The molecule has 25 heavy (non-hydrogen) atoms. The highest BCUT2D eigenvalue weighted by atomic mass is 16.5.